The second kappa shape index (κ2) is 9.35. The normalized spacial score (nSPS) is 14.6. The lowest BCUT2D eigenvalue weighted by molar-refractivity contribution is 0.0527. The van der Waals surface area contributed by atoms with Gasteiger partial charge in [0.05, 0.1) is 17.9 Å². The van der Waals surface area contributed by atoms with Crippen LogP contribution in [0.15, 0.2) is 48.5 Å². The molecule has 1 heterocycles. The molecule has 6 heteroatoms. The molecule has 2 aromatic rings. The first kappa shape index (κ1) is 19.9. The zero-order valence-electron chi connectivity index (χ0n) is 16.0. The van der Waals surface area contributed by atoms with Crippen LogP contribution < -0.4 is 5.32 Å². The molecular formula is C22H25FN2O3. The van der Waals surface area contributed by atoms with Crippen LogP contribution in [0.5, 0.6) is 0 Å². The van der Waals surface area contributed by atoms with Crippen molar-refractivity contribution in [2.45, 2.75) is 26.2 Å². The number of piperidine rings is 1. The highest BCUT2D eigenvalue weighted by Gasteiger charge is 2.24. The highest BCUT2D eigenvalue weighted by Crippen LogP contribution is 2.23. The summed E-state index contributed by atoms with van der Waals surface area (Å²) < 4.78 is 18.1. The lowest BCUT2D eigenvalue weighted by Gasteiger charge is -2.32. The Balaban J connectivity index is 1.54. The minimum absolute atomic E-state index is 0.211. The van der Waals surface area contributed by atoms with Gasteiger partial charge in [-0.05, 0) is 61.9 Å². The molecule has 1 N–H and O–H groups in total. The Hall–Kier alpha value is -2.89. The van der Waals surface area contributed by atoms with E-state index in [0.717, 1.165) is 24.8 Å². The molecule has 1 saturated heterocycles. The molecule has 0 aliphatic carbocycles. The maximum atomic E-state index is 13.0. The van der Waals surface area contributed by atoms with Crippen LogP contribution in [-0.4, -0.2) is 36.6 Å². The van der Waals surface area contributed by atoms with E-state index in [2.05, 4.69) is 5.32 Å². The van der Waals surface area contributed by atoms with Gasteiger partial charge in [-0.2, -0.15) is 0 Å². The molecule has 28 heavy (non-hydrogen) atoms. The number of para-hydroxylation sites is 1. The Morgan fingerprint density at radius 3 is 2.46 bits per heavy atom. The van der Waals surface area contributed by atoms with Gasteiger partial charge in [0.1, 0.15) is 5.82 Å². The van der Waals surface area contributed by atoms with Gasteiger partial charge in [0.25, 0.3) is 0 Å². The molecule has 0 saturated carbocycles. The molecule has 1 aliphatic heterocycles. The van der Waals surface area contributed by atoms with Crippen LogP contribution >= 0.6 is 0 Å². The maximum Gasteiger partial charge on any atom is 0.340 e. The molecule has 0 unspecified atom stereocenters. The van der Waals surface area contributed by atoms with Gasteiger partial charge in [0.15, 0.2) is 0 Å². The van der Waals surface area contributed by atoms with Crippen LogP contribution in [0.1, 0.15) is 35.7 Å². The van der Waals surface area contributed by atoms with E-state index in [1.807, 2.05) is 12.1 Å². The monoisotopic (exact) mass is 384 g/mol. The number of likely N-dealkylation sites (tertiary alicyclic amines) is 1. The average Bonchev–Trinajstić information content (AvgIpc) is 2.71. The zero-order chi connectivity index (χ0) is 19.9. The van der Waals surface area contributed by atoms with Gasteiger partial charge in [0, 0.05) is 13.1 Å². The van der Waals surface area contributed by atoms with Gasteiger partial charge in [-0.25, -0.2) is 14.0 Å². The fraction of sp³-hybridized carbons (Fsp3) is 0.364. The first-order valence-corrected chi connectivity index (χ1v) is 9.63. The van der Waals surface area contributed by atoms with E-state index in [-0.39, 0.29) is 18.5 Å². The third-order valence-corrected chi connectivity index (χ3v) is 5.00. The predicted octanol–water partition coefficient (Wildman–Crippen LogP) is 4.49. The maximum absolute atomic E-state index is 13.0. The smallest absolute Gasteiger partial charge is 0.340 e. The van der Waals surface area contributed by atoms with Crippen molar-refractivity contribution in [2.75, 3.05) is 25.0 Å². The van der Waals surface area contributed by atoms with Crippen LogP contribution in [-0.2, 0) is 11.2 Å². The van der Waals surface area contributed by atoms with Crippen molar-refractivity contribution < 1.29 is 18.7 Å². The van der Waals surface area contributed by atoms with E-state index < -0.39 is 5.97 Å². The number of amides is 2. The van der Waals surface area contributed by atoms with Crippen molar-refractivity contribution in [2.24, 2.45) is 5.92 Å². The van der Waals surface area contributed by atoms with Gasteiger partial charge in [-0.15, -0.1) is 0 Å². The molecule has 2 aromatic carbocycles. The molecule has 2 amide bonds. The predicted molar refractivity (Wildman–Crippen MR) is 106 cm³/mol. The first-order valence-electron chi connectivity index (χ1n) is 9.63. The Bertz CT molecular complexity index is 815. The van der Waals surface area contributed by atoms with E-state index in [1.165, 1.54) is 12.1 Å². The molecule has 1 aliphatic rings. The number of ether oxygens (including phenoxy) is 1. The first-order chi connectivity index (χ1) is 13.6. The van der Waals surface area contributed by atoms with Crippen molar-refractivity contribution in [3.63, 3.8) is 0 Å². The minimum Gasteiger partial charge on any atom is -0.462 e. The summed E-state index contributed by atoms with van der Waals surface area (Å²) in [7, 11) is 0. The number of hydrogen-bond acceptors (Lipinski definition) is 3. The molecule has 5 nitrogen and oxygen atoms in total. The summed E-state index contributed by atoms with van der Waals surface area (Å²) in [6.07, 6.45) is 2.68. The van der Waals surface area contributed by atoms with Crippen molar-refractivity contribution in [3.8, 4) is 0 Å². The summed E-state index contributed by atoms with van der Waals surface area (Å²) in [6.45, 7) is 3.33. The van der Waals surface area contributed by atoms with E-state index in [4.69, 9.17) is 4.74 Å². The van der Waals surface area contributed by atoms with Crippen LogP contribution in [0.25, 0.3) is 0 Å². The molecule has 0 aromatic heterocycles. The largest absolute Gasteiger partial charge is 0.462 e. The molecule has 0 spiro atoms. The number of nitrogens with one attached hydrogen (secondary N) is 1. The molecule has 0 atom stereocenters. The number of halogens is 1. The van der Waals surface area contributed by atoms with Crippen molar-refractivity contribution in [1.29, 1.82) is 0 Å². The van der Waals surface area contributed by atoms with Gasteiger partial charge in [-0.1, -0.05) is 24.3 Å². The summed E-state index contributed by atoms with van der Waals surface area (Å²) in [4.78, 5) is 26.4. The van der Waals surface area contributed by atoms with Gasteiger partial charge < -0.3 is 15.0 Å². The van der Waals surface area contributed by atoms with Crippen molar-refractivity contribution >= 4 is 17.7 Å². The SMILES string of the molecule is CCOC(=O)c1ccccc1NC(=O)N1CCC(Cc2ccc(F)cc2)CC1. The third kappa shape index (κ3) is 5.09. The quantitative estimate of drug-likeness (QED) is 0.773. The minimum atomic E-state index is -0.448. The van der Waals surface area contributed by atoms with E-state index in [9.17, 15) is 14.0 Å². The zero-order valence-corrected chi connectivity index (χ0v) is 16.0. The van der Waals surface area contributed by atoms with Gasteiger partial charge in [0.2, 0.25) is 0 Å². The second-order valence-corrected chi connectivity index (χ2v) is 6.96. The number of anilines is 1. The molecule has 0 bridgehead atoms. The van der Waals surface area contributed by atoms with E-state index >= 15 is 0 Å². The summed E-state index contributed by atoms with van der Waals surface area (Å²) in [5.74, 6) is -0.198. The van der Waals surface area contributed by atoms with Gasteiger partial charge >= 0.3 is 12.0 Å². The Morgan fingerprint density at radius 1 is 1.11 bits per heavy atom. The number of nitrogens with zero attached hydrogens (tertiary/aromatic N) is 1. The highest BCUT2D eigenvalue weighted by atomic mass is 19.1. The number of rotatable bonds is 5. The molecule has 1 fully saturated rings. The van der Waals surface area contributed by atoms with Crippen LogP contribution in [0.4, 0.5) is 14.9 Å². The summed E-state index contributed by atoms with van der Waals surface area (Å²) >= 11 is 0. The lowest BCUT2D eigenvalue weighted by atomic mass is 9.90. The molecule has 0 radical (unpaired) electrons. The number of urea groups is 1. The number of carbonyl (C=O) groups is 2. The standard InChI is InChI=1S/C22H25FN2O3/c1-2-28-21(26)19-5-3-4-6-20(19)24-22(27)25-13-11-17(12-14-25)15-16-7-9-18(23)10-8-16/h3-10,17H,2,11-15H2,1H3,(H,24,27). The van der Waals surface area contributed by atoms with Crippen LogP contribution in [0, 0.1) is 11.7 Å². The van der Waals surface area contributed by atoms with E-state index in [1.54, 1.807) is 36.1 Å². The topological polar surface area (TPSA) is 58.6 Å². The molecular weight excluding hydrogens is 359 g/mol. The third-order valence-electron chi connectivity index (χ3n) is 5.00. The Morgan fingerprint density at radius 2 is 1.79 bits per heavy atom. The van der Waals surface area contributed by atoms with Gasteiger partial charge in [-0.3, -0.25) is 0 Å². The Labute approximate surface area is 164 Å². The van der Waals surface area contributed by atoms with Crippen molar-refractivity contribution in [3.05, 3.63) is 65.5 Å². The fourth-order valence-corrected chi connectivity index (χ4v) is 3.47. The molecule has 3 rings (SSSR count). The van der Waals surface area contributed by atoms with Crippen LogP contribution in [0.3, 0.4) is 0 Å². The fourth-order valence-electron chi connectivity index (χ4n) is 3.47. The highest BCUT2D eigenvalue weighted by molar-refractivity contribution is 6.00. The van der Waals surface area contributed by atoms with Crippen LogP contribution in [0.2, 0.25) is 0 Å². The Kier molecular flexibility index (Phi) is 6.63. The summed E-state index contributed by atoms with van der Waals surface area (Å²) in [5.41, 5.74) is 1.93. The summed E-state index contributed by atoms with van der Waals surface area (Å²) in [6, 6.07) is 13.3. The lowest BCUT2D eigenvalue weighted by Crippen LogP contribution is -2.41. The number of hydrogen-bond donors (Lipinski definition) is 1. The number of carbonyl (C=O) groups excluding carboxylic acids is 2. The second-order valence-electron chi connectivity index (χ2n) is 6.96. The van der Waals surface area contributed by atoms with E-state index in [0.29, 0.717) is 30.3 Å². The summed E-state index contributed by atoms with van der Waals surface area (Å²) in [5, 5.41) is 2.83. The number of esters is 1. The van der Waals surface area contributed by atoms with Crippen molar-refractivity contribution in [1.82, 2.24) is 4.90 Å². The molecule has 148 valence electrons. The number of benzene rings is 2. The average molecular weight is 384 g/mol.